The Morgan fingerprint density at radius 1 is 1.29 bits per heavy atom. The molecule has 0 saturated heterocycles. The molecule has 2 N–H and O–H groups in total. The second-order valence-corrected chi connectivity index (χ2v) is 4.10. The maximum absolute atomic E-state index is 11.1. The van der Waals surface area contributed by atoms with Crippen molar-refractivity contribution in [2.24, 2.45) is 0 Å². The Bertz CT molecular complexity index is 323. The van der Waals surface area contributed by atoms with Gasteiger partial charge in [0.25, 0.3) is 5.91 Å². The Morgan fingerprint density at radius 2 is 1.94 bits per heavy atom. The van der Waals surface area contributed by atoms with E-state index in [1.165, 1.54) is 0 Å². The van der Waals surface area contributed by atoms with Crippen molar-refractivity contribution in [2.75, 3.05) is 6.61 Å². The number of carbonyl (C=O) groups is 2. The fourth-order valence-corrected chi connectivity index (χ4v) is 0.698. The molecule has 96 valence electrons. The van der Waals surface area contributed by atoms with Crippen molar-refractivity contribution >= 4 is 12.0 Å². The third-order valence-corrected chi connectivity index (χ3v) is 1.22. The molecule has 6 nitrogen and oxygen atoms in total. The Morgan fingerprint density at radius 3 is 2.47 bits per heavy atom. The molecule has 0 aromatic heterocycles. The maximum Gasteiger partial charge on any atom is 0.431 e. The van der Waals surface area contributed by atoms with Gasteiger partial charge in [0.05, 0.1) is 0 Å². The molecule has 0 aliphatic carbocycles. The first-order chi connectivity index (χ1) is 7.85. The number of ether oxygens (including phenoxy) is 1. The van der Waals surface area contributed by atoms with Crippen LogP contribution in [0.4, 0.5) is 4.79 Å². The summed E-state index contributed by atoms with van der Waals surface area (Å²) in [5.74, 6) is 2.22. The summed E-state index contributed by atoms with van der Waals surface area (Å²) in [5, 5.41) is 2.29. The lowest BCUT2D eigenvalue weighted by atomic mass is 10.2. The lowest BCUT2D eigenvalue weighted by molar-refractivity contribution is -0.126. The monoisotopic (exact) mass is 242 g/mol. The second-order valence-electron chi connectivity index (χ2n) is 4.10. The molecule has 0 radical (unpaired) electrons. The predicted molar refractivity (Wildman–Crippen MR) is 61.5 cm³/mol. The summed E-state index contributed by atoms with van der Waals surface area (Å²) in [6, 6.07) is 2.44. The van der Waals surface area contributed by atoms with Gasteiger partial charge in [0, 0.05) is 12.5 Å². The van der Waals surface area contributed by atoms with Gasteiger partial charge in [0.1, 0.15) is 5.60 Å². The van der Waals surface area contributed by atoms with Gasteiger partial charge in [-0.15, -0.1) is 0 Å². The number of rotatable bonds is 3. The molecule has 0 spiro atoms. The number of hydrogen-bond acceptors (Lipinski definition) is 4. The van der Waals surface area contributed by atoms with Crippen molar-refractivity contribution in [3.63, 3.8) is 0 Å². The van der Waals surface area contributed by atoms with E-state index in [1.54, 1.807) is 20.8 Å². The zero-order valence-electron chi connectivity index (χ0n) is 10.5. The first-order valence-corrected chi connectivity index (χ1v) is 5.22. The highest BCUT2D eigenvalue weighted by Crippen LogP contribution is 2.06. The molecule has 0 atom stereocenters. The van der Waals surface area contributed by atoms with Crippen LogP contribution in [0.2, 0.25) is 0 Å². The van der Waals surface area contributed by atoms with Crippen LogP contribution in [0.1, 0.15) is 34.1 Å². The van der Waals surface area contributed by atoms with E-state index in [0.29, 0.717) is 6.42 Å². The SMILES string of the molecule is CCC#CNC(=O)CONC(=O)OC(C)(C)C. The van der Waals surface area contributed by atoms with E-state index in [4.69, 9.17) is 4.74 Å². The van der Waals surface area contributed by atoms with Crippen LogP contribution < -0.4 is 10.8 Å². The first-order valence-electron chi connectivity index (χ1n) is 5.22. The summed E-state index contributed by atoms with van der Waals surface area (Å²) < 4.78 is 4.88. The van der Waals surface area contributed by atoms with E-state index < -0.39 is 17.6 Å². The summed E-state index contributed by atoms with van der Waals surface area (Å²) >= 11 is 0. The number of nitrogens with one attached hydrogen (secondary N) is 2. The molecule has 6 heteroatoms. The summed E-state index contributed by atoms with van der Waals surface area (Å²) in [4.78, 5) is 26.8. The normalized spacial score (nSPS) is 9.88. The summed E-state index contributed by atoms with van der Waals surface area (Å²) in [7, 11) is 0. The molecule has 0 aromatic carbocycles. The smallest absolute Gasteiger partial charge is 0.431 e. The van der Waals surface area contributed by atoms with E-state index >= 15 is 0 Å². The van der Waals surface area contributed by atoms with Crippen LogP contribution in [0.3, 0.4) is 0 Å². The predicted octanol–water partition coefficient (Wildman–Crippen LogP) is 0.930. The zero-order chi connectivity index (χ0) is 13.3. The van der Waals surface area contributed by atoms with Crippen LogP contribution in [0.5, 0.6) is 0 Å². The van der Waals surface area contributed by atoms with E-state index in [-0.39, 0.29) is 6.61 Å². The molecule has 0 heterocycles. The molecular weight excluding hydrogens is 224 g/mol. The minimum atomic E-state index is -0.745. The van der Waals surface area contributed by atoms with Crippen molar-refractivity contribution < 1.29 is 19.2 Å². The number of hydroxylamine groups is 1. The van der Waals surface area contributed by atoms with Gasteiger partial charge in [-0.25, -0.2) is 4.79 Å². The van der Waals surface area contributed by atoms with Gasteiger partial charge in [0.15, 0.2) is 6.61 Å². The van der Waals surface area contributed by atoms with E-state index in [1.807, 2.05) is 12.4 Å². The minimum absolute atomic E-state index is 0.322. The number of hydrogen-bond donors (Lipinski definition) is 2. The van der Waals surface area contributed by atoms with Crippen LogP contribution in [0.15, 0.2) is 0 Å². The van der Waals surface area contributed by atoms with Crippen LogP contribution >= 0.6 is 0 Å². The zero-order valence-corrected chi connectivity index (χ0v) is 10.5. The van der Waals surface area contributed by atoms with Gasteiger partial charge in [-0.2, -0.15) is 5.48 Å². The van der Waals surface area contributed by atoms with Gasteiger partial charge in [-0.05, 0) is 20.8 Å². The molecule has 0 aromatic rings. The third-order valence-electron chi connectivity index (χ3n) is 1.22. The van der Waals surface area contributed by atoms with Crippen LogP contribution in [0.25, 0.3) is 0 Å². The number of amides is 2. The molecular formula is C11H18N2O4. The number of carbonyl (C=O) groups excluding carboxylic acids is 2. The third kappa shape index (κ3) is 10.5. The first kappa shape index (κ1) is 15.3. The molecule has 0 unspecified atom stereocenters. The lowest BCUT2D eigenvalue weighted by Crippen LogP contribution is -2.35. The van der Waals surface area contributed by atoms with E-state index in [2.05, 4.69) is 22.1 Å². The molecule has 0 rings (SSSR count). The molecule has 0 fully saturated rings. The average Bonchev–Trinajstić information content (AvgIpc) is 2.15. The van der Waals surface area contributed by atoms with E-state index in [0.717, 1.165) is 0 Å². The van der Waals surface area contributed by atoms with Crippen molar-refractivity contribution in [1.29, 1.82) is 0 Å². The van der Waals surface area contributed by atoms with Crippen molar-refractivity contribution in [2.45, 2.75) is 39.7 Å². The molecule has 2 amide bonds. The molecule has 0 saturated carbocycles. The summed E-state index contributed by atoms with van der Waals surface area (Å²) in [6.07, 6.45) is -0.0953. The Hall–Kier alpha value is -1.74. The van der Waals surface area contributed by atoms with Crippen molar-refractivity contribution in [1.82, 2.24) is 10.8 Å². The highest BCUT2D eigenvalue weighted by molar-refractivity contribution is 5.79. The minimum Gasteiger partial charge on any atom is -0.442 e. The van der Waals surface area contributed by atoms with Gasteiger partial charge in [0.2, 0.25) is 0 Å². The van der Waals surface area contributed by atoms with Gasteiger partial charge < -0.3 is 4.74 Å². The Kier molecular flexibility index (Phi) is 6.75. The second kappa shape index (κ2) is 7.52. The summed E-state index contributed by atoms with van der Waals surface area (Å²) in [6.45, 7) is 6.70. The van der Waals surface area contributed by atoms with Gasteiger partial charge >= 0.3 is 6.09 Å². The molecule has 17 heavy (non-hydrogen) atoms. The Labute approximate surface area is 101 Å². The standard InChI is InChI=1S/C11H18N2O4/c1-5-6-7-12-9(14)8-16-13-10(15)17-11(2,3)4/h5,8H2,1-4H3,(H,12,14)(H,13,15). The van der Waals surface area contributed by atoms with Crippen molar-refractivity contribution in [3.8, 4) is 12.0 Å². The van der Waals surface area contributed by atoms with Crippen molar-refractivity contribution in [3.05, 3.63) is 0 Å². The lowest BCUT2D eigenvalue weighted by Gasteiger charge is -2.19. The van der Waals surface area contributed by atoms with Crippen LogP contribution in [-0.4, -0.2) is 24.2 Å². The Balaban J connectivity index is 3.70. The van der Waals surface area contributed by atoms with Crippen LogP contribution in [0, 0.1) is 12.0 Å². The van der Waals surface area contributed by atoms with E-state index in [9.17, 15) is 9.59 Å². The largest absolute Gasteiger partial charge is 0.442 e. The van der Waals surface area contributed by atoms with Gasteiger partial charge in [-0.1, -0.05) is 12.8 Å². The fourth-order valence-electron chi connectivity index (χ4n) is 0.698. The topological polar surface area (TPSA) is 76.7 Å². The molecule has 0 aliphatic rings. The quantitative estimate of drug-likeness (QED) is 0.438. The fraction of sp³-hybridized carbons (Fsp3) is 0.636. The van der Waals surface area contributed by atoms with Crippen LogP contribution in [-0.2, 0) is 14.4 Å². The van der Waals surface area contributed by atoms with Gasteiger partial charge in [-0.3, -0.25) is 14.9 Å². The maximum atomic E-state index is 11.1. The average molecular weight is 242 g/mol. The summed E-state index contributed by atoms with van der Waals surface area (Å²) in [5.41, 5.74) is 1.38. The highest BCUT2D eigenvalue weighted by Gasteiger charge is 2.16. The molecule has 0 aliphatic heterocycles. The molecule has 0 bridgehead atoms. The highest BCUT2D eigenvalue weighted by atomic mass is 16.7.